The van der Waals surface area contributed by atoms with Gasteiger partial charge in [0.15, 0.2) is 9.84 Å². The highest BCUT2D eigenvalue weighted by Crippen LogP contribution is 2.28. The molecule has 92 valence electrons. The van der Waals surface area contributed by atoms with Gasteiger partial charge < -0.3 is 10.6 Å². The van der Waals surface area contributed by atoms with E-state index in [4.69, 9.17) is 11.0 Å². The molecule has 2 N–H and O–H groups in total. The Labute approximate surface area is 101 Å². The lowest BCUT2D eigenvalue weighted by Gasteiger charge is -2.20. The average Bonchev–Trinajstić information content (AvgIpc) is 2.24. The molecular formula is C11H15N3O2S. The van der Waals surface area contributed by atoms with E-state index in [1.165, 1.54) is 6.07 Å². The van der Waals surface area contributed by atoms with Crippen molar-refractivity contribution in [1.29, 1.82) is 5.26 Å². The Balaban J connectivity index is 3.16. The van der Waals surface area contributed by atoms with E-state index in [0.29, 0.717) is 18.7 Å². The lowest BCUT2D eigenvalue weighted by atomic mass is 10.2. The summed E-state index contributed by atoms with van der Waals surface area (Å²) in [5.41, 5.74) is 6.70. The first-order valence-corrected chi connectivity index (χ1v) is 6.93. The van der Waals surface area contributed by atoms with Gasteiger partial charge in [-0.2, -0.15) is 5.26 Å². The van der Waals surface area contributed by atoms with Gasteiger partial charge in [-0.15, -0.1) is 0 Å². The molecule has 17 heavy (non-hydrogen) atoms. The Morgan fingerprint density at radius 2 is 2.12 bits per heavy atom. The first-order chi connectivity index (χ1) is 7.88. The smallest absolute Gasteiger partial charge is 0.177 e. The fraction of sp³-hybridized carbons (Fsp3) is 0.364. The second-order valence-electron chi connectivity index (χ2n) is 3.79. The number of nitriles is 1. The van der Waals surface area contributed by atoms with E-state index >= 15 is 0 Å². The molecule has 0 atom stereocenters. The molecule has 0 unspecified atom stereocenters. The van der Waals surface area contributed by atoms with Crippen LogP contribution in [0.25, 0.3) is 0 Å². The third kappa shape index (κ3) is 3.11. The molecule has 1 aromatic carbocycles. The minimum absolute atomic E-state index is 0.124. The van der Waals surface area contributed by atoms with Gasteiger partial charge in [0.2, 0.25) is 0 Å². The maximum absolute atomic E-state index is 11.5. The van der Waals surface area contributed by atoms with Gasteiger partial charge in [0, 0.05) is 19.8 Å². The summed E-state index contributed by atoms with van der Waals surface area (Å²) in [6.45, 7) is 0.508. The van der Waals surface area contributed by atoms with Crippen molar-refractivity contribution in [3.8, 4) is 6.07 Å². The third-order valence-corrected chi connectivity index (χ3v) is 3.57. The number of sulfone groups is 1. The fourth-order valence-electron chi connectivity index (χ4n) is 1.53. The summed E-state index contributed by atoms with van der Waals surface area (Å²) in [6.07, 6.45) is 1.48. The molecule has 0 spiro atoms. The molecule has 1 rings (SSSR count). The van der Waals surface area contributed by atoms with Crippen LogP contribution in [-0.2, 0) is 9.84 Å². The second-order valence-corrected chi connectivity index (χ2v) is 5.77. The van der Waals surface area contributed by atoms with E-state index in [9.17, 15) is 8.42 Å². The van der Waals surface area contributed by atoms with E-state index < -0.39 is 9.84 Å². The van der Waals surface area contributed by atoms with Gasteiger partial charge in [-0.05, 0) is 12.1 Å². The highest BCUT2D eigenvalue weighted by atomic mass is 32.2. The van der Waals surface area contributed by atoms with Crippen LogP contribution in [0.3, 0.4) is 0 Å². The second kappa shape index (κ2) is 5.06. The van der Waals surface area contributed by atoms with Crippen molar-refractivity contribution in [2.75, 3.05) is 30.5 Å². The summed E-state index contributed by atoms with van der Waals surface area (Å²) < 4.78 is 23.0. The van der Waals surface area contributed by atoms with Crippen LogP contribution in [0.1, 0.15) is 6.42 Å². The molecule has 0 aromatic heterocycles. The number of anilines is 2. The van der Waals surface area contributed by atoms with E-state index in [1.54, 1.807) is 24.1 Å². The van der Waals surface area contributed by atoms with Crippen molar-refractivity contribution < 1.29 is 8.42 Å². The number of nitrogen functional groups attached to an aromatic ring is 1. The number of benzene rings is 1. The summed E-state index contributed by atoms with van der Waals surface area (Å²) in [7, 11) is -1.55. The van der Waals surface area contributed by atoms with Crippen LogP contribution in [0.15, 0.2) is 23.1 Å². The molecular weight excluding hydrogens is 238 g/mol. The Morgan fingerprint density at radius 1 is 1.47 bits per heavy atom. The summed E-state index contributed by atoms with van der Waals surface area (Å²) in [5.74, 6) is 0. The number of hydrogen-bond donors (Lipinski definition) is 1. The molecule has 0 aliphatic carbocycles. The Hall–Kier alpha value is -1.74. The third-order valence-electron chi connectivity index (χ3n) is 2.41. The highest BCUT2D eigenvalue weighted by molar-refractivity contribution is 7.90. The van der Waals surface area contributed by atoms with Crippen LogP contribution in [0, 0.1) is 11.3 Å². The molecule has 0 aliphatic heterocycles. The molecule has 0 saturated carbocycles. The van der Waals surface area contributed by atoms with Crippen LogP contribution >= 0.6 is 0 Å². The number of nitrogens with two attached hydrogens (primary N) is 1. The summed E-state index contributed by atoms with van der Waals surface area (Å²) >= 11 is 0. The fourth-order valence-corrected chi connectivity index (χ4v) is 2.36. The van der Waals surface area contributed by atoms with Gasteiger partial charge in [0.1, 0.15) is 0 Å². The van der Waals surface area contributed by atoms with Gasteiger partial charge in [-0.3, -0.25) is 0 Å². The lowest BCUT2D eigenvalue weighted by Crippen LogP contribution is -2.20. The topological polar surface area (TPSA) is 87.2 Å². The zero-order valence-corrected chi connectivity index (χ0v) is 10.7. The molecule has 1 aromatic rings. The number of para-hydroxylation sites is 1. The highest BCUT2D eigenvalue weighted by Gasteiger charge is 2.15. The zero-order chi connectivity index (χ0) is 13.1. The van der Waals surface area contributed by atoms with Crippen LogP contribution in [0.4, 0.5) is 11.4 Å². The Bertz CT molecular complexity index is 546. The quantitative estimate of drug-likeness (QED) is 0.809. The van der Waals surface area contributed by atoms with Crippen molar-refractivity contribution in [3.05, 3.63) is 18.2 Å². The minimum Gasteiger partial charge on any atom is -0.396 e. The monoisotopic (exact) mass is 253 g/mol. The first-order valence-electron chi connectivity index (χ1n) is 5.04. The van der Waals surface area contributed by atoms with Gasteiger partial charge in [-0.25, -0.2) is 8.42 Å². The first kappa shape index (κ1) is 13.3. The van der Waals surface area contributed by atoms with Gasteiger partial charge >= 0.3 is 0 Å². The van der Waals surface area contributed by atoms with Crippen molar-refractivity contribution in [3.63, 3.8) is 0 Å². The van der Waals surface area contributed by atoms with Crippen LogP contribution in [0.2, 0.25) is 0 Å². The molecule has 0 saturated heterocycles. The van der Waals surface area contributed by atoms with Crippen molar-refractivity contribution >= 4 is 21.2 Å². The average molecular weight is 253 g/mol. The number of rotatable bonds is 4. The maximum atomic E-state index is 11.5. The standard InChI is InChI=1S/C11H15N3O2S/c1-14(8-4-7-12)9-5-3-6-10(11(9)13)17(2,15)16/h3,5-6H,4,8,13H2,1-2H3. The molecule has 0 radical (unpaired) electrons. The van der Waals surface area contributed by atoms with Crippen LogP contribution < -0.4 is 10.6 Å². The molecule has 0 fully saturated rings. The Morgan fingerprint density at radius 3 is 2.65 bits per heavy atom. The molecule has 0 aliphatic rings. The lowest BCUT2D eigenvalue weighted by molar-refractivity contribution is 0.602. The van der Waals surface area contributed by atoms with Crippen LogP contribution in [0.5, 0.6) is 0 Å². The number of hydrogen-bond acceptors (Lipinski definition) is 5. The predicted molar refractivity (Wildman–Crippen MR) is 67.5 cm³/mol. The van der Waals surface area contributed by atoms with Gasteiger partial charge in [-0.1, -0.05) is 6.07 Å². The van der Waals surface area contributed by atoms with E-state index in [1.807, 2.05) is 6.07 Å². The normalized spacial score (nSPS) is 10.9. The Kier molecular flexibility index (Phi) is 3.97. The molecule has 0 heterocycles. The van der Waals surface area contributed by atoms with E-state index in [-0.39, 0.29) is 10.6 Å². The van der Waals surface area contributed by atoms with E-state index in [2.05, 4.69) is 0 Å². The summed E-state index contributed by atoms with van der Waals surface area (Å²) in [4.78, 5) is 1.89. The van der Waals surface area contributed by atoms with E-state index in [0.717, 1.165) is 6.26 Å². The van der Waals surface area contributed by atoms with Crippen LogP contribution in [-0.4, -0.2) is 28.3 Å². The zero-order valence-electron chi connectivity index (χ0n) is 9.84. The molecule has 6 heteroatoms. The molecule has 0 amide bonds. The SMILES string of the molecule is CN(CCC#N)c1cccc(S(C)(=O)=O)c1N. The minimum atomic E-state index is -3.33. The predicted octanol–water partition coefficient (Wildman–Crippen LogP) is 1.02. The summed E-state index contributed by atoms with van der Waals surface area (Å²) in [5, 5.41) is 8.51. The number of nitrogens with zero attached hydrogens (tertiary/aromatic N) is 2. The van der Waals surface area contributed by atoms with Gasteiger partial charge in [0.25, 0.3) is 0 Å². The van der Waals surface area contributed by atoms with Crippen molar-refractivity contribution in [1.82, 2.24) is 0 Å². The summed E-state index contributed by atoms with van der Waals surface area (Å²) in [6, 6.07) is 6.89. The van der Waals surface area contributed by atoms with Gasteiger partial charge in [0.05, 0.1) is 28.8 Å². The van der Waals surface area contributed by atoms with Crippen molar-refractivity contribution in [2.24, 2.45) is 0 Å². The largest absolute Gasteiger partial charge is 0.396 e. The molecule has 5 nitrogen and oxygen atoms in total. The molecule has 0 bridgehead atoms. The maximum Gasteiger partial charge on any atom is 0.177 e. The van der Waals surface area contributed by atoms with Crippen molar-refractivity contribution in [2.45, 2.75) is 11.3 Å².